The van der Waals surface area contributed by atoms with Crippen molar-refractivity contribution >= 4 is 11.8 Å². The van der Waals surface area contributed by atoms with E-state index in [1.54, 1.807) is 12.0 Å². The summed E-state index contributed by atoms with van der Waals surface area (Å²) >= 11 is 0. The molecule has 1 N–H and O–H groups in total. The van der Waals surface area contributed by atoms with E-state index in [0.29, 0.717) is 32.8 Å². The summed E-state index contributed by atoms with van der Waals surface area (Å²) in [5.74, 6) is 0.729. The molecule has 0 saturated carbocycles. The number of hydrogen-bond acceptors (Lipinski definition) is 5. The van der Waals surface area contributed by atoms with E-state index in [1.807, 2.05) is 45.0 Å². The molecule has 2 rings (SSSR count). The van der Waals surface area contributed by atoms with Gasteiger partial charge in [-0.15, -0.1) is 0 Å². The second kappa shape index (κ2) is 11.0. The Balaban J connectivity index is 2.06. The summed E-state index contributed by atoms with van der Waals surface area (Å²) in [4.78, 5) is 29.2. The van der Waals surface area contributed by atoms with Crippen molar-refractivity contribution in [2.24, 2.45) is 0 Å². The van der Waals surface area contributed by atoms with Crippen LogP contribution in [-0.2, 0) is 20.9 Å². The minimum atomic E-state index is -0.461. The van der Waals surface area contributed by atoms with Crippen LogP contribution in [0.25, 0.3) is 0 Å². The number of piperazine rings is 1. The van der Waals surface area contributed by atoms with E-state index in [1.165, 1.54) is 0 Å². The van der Waals surface area contributed by atoms with E-state index in [9.17, 15) is 9.59 Å². The van der Waals surface area contributed by atoms with Crippen molar-refractivity contribution in [1.29, 1.82) is 0 Å². The van der Waals surface area contributed by atoms with Gasteiger partial charge in [-0.05, 0) is 38.5 Å². The number of hydrogen-bond donors (Lipinski definition) is 1. The van der Waals surface area contributed by atoms with E-state index in [-0.39, 0.29) is 24.3 Å². The van der Waals surface area contributed by atoms with Gasteiger partial charge in [0.25, 0.3) is 0 Å². The molecule has 2 amide bonds. The molecule has 0 radical (unpaired) electrons. The molecule has 0 aliphatic carbocycles. The van der Waals surface area contributed by atoms with Crippen molar-refractivity contribution in [3.63, 3.8) is 0 Å². The van der Waals surface area contributed by atoms with Crippen LogP contribution in [0.5, 0.6) is 5.75 Å². The number of amides is 2. The van der Waals surface area contributed by atoms with E-state index in [0.717, 1.165) is 17.9 Å². The minimum Gasteiger partial charge on any atom is -0.494 e. The maximum absolute atomic E-state index is 12.9. The molecular formula is C21H33N3O4. The van der Waals surface area contributed by atoms with Gasteiger partial charge >= 0.3 is 0 Å². The highest BCUT2D eigenvalue weighted by Gasteiger charge is 2.33. The van der Waals surface area contributed by atoms with Gasteiger partial charge < -0.3 is 19.7 Å². The van der Waals surface area contributed by atoms with Crippen LogP contribution in [0.1, 0.15) is 32.8 Å². The molecule has 1 heterocycles. The predicted octanol–water partition coefficient (Wildman–Crippen LogP) is 1.66. The first kappa shape index (κ1) is 22.2. The zero-order valence-corrected chi connectivity index (χ0v) is 17.4. The fraction of sp³-hybridized carbons (Fsp3) is 0.619. The Morgan fingerprint density at radius 2 is 2.04 bits per heavy atom. The normalized spacial score (nSPS) is 17.5. The predicted molar refractivity (Wildman–Crippen MR) is 108 cm³/mol. The van der Waals surface area contributed by atoms with Crippen molar-refractivity contribution in [2.75, 3.05) is 40.0 Å². The number of rotatable bonds is 10. The van der Waals surface area contributed by atoms with Gasteiger partial charge in [-0.1, -0.05) is 12.1 Å². The Kier molecular flexibility index (Phi) is 8.73. The second-order valence-corrected chi connectivity index (χ2v) is 7.23. The Labute approximate surface area is 168 Å². The maximum atomic E-state index is 12.9. The van der Waals surface area contributed by atoms with Crippen LogP contribution in [0, 0.1) is 0 Å². The van der Waals surface area contributed by atoms with Gasteiger partial charge in [0.05, 0.1) is 25.7 Å². The quantitative estimate of drug-likeness (QED) is 0.657. The van der Waals surface area contributed by atoms with Crippen molar-refractivity contribution in [3.05, 3.63) is 29.8 Å². The summed E-state index contributed by atoms with van der Waals surface area (Å²) in [6.07, 6.45) is 0.171. The SMILES string of the molecule is CCOc1ccc(CN2CCNC(=O)[C@H]2CC(=O)N(CCOC)C(C)C)cc1. The van der Waals surface area contributed by atoms with E-state index in [2.05, 4.69) is 10.2 Å². The summed E-state index contributed by atoms with van der Waals surface area (Å²) < 4.78 is 10.6. The molecule has 7 nitrogen and oxygen atoms in total. The third-order valence-corrected chi connectivity index (χ3v) is 4.91. The van der Waals surface area contributed by atoms with Crippen LogP contribution in [0.3, 0.4) is 0 Å². The molecule has 0 spiro atoms. The van der Waals surface area contributed by atoms with Gasteiger partial charge in [-0.3, -0.25) is 14.5 Å². The van der Waals surface area contributed by atoms with Gasteiger partial charge in [0, 0.05) is 39.3 Å². The molecule has 0 unspecified atom stereocenters. The molecule has 1 atom stereocenters. The zero-order valence-electron chi connectivity index (χ0n) is 17.4. The fourth-order valence-corrected chi connectivity index (χ4v) is 3.41. The summed E-state index contributed by atoms with van der Waals surface area (Å²) in [7, 11) is 1.62. The molecule has 1 fully saturated rings. The molecule has 1 aromatic rings. The van der Waals surface area contributed by atoms with E-state index >= 15 is 0 Å². The first-order valence-electron chi connectivity index (χ1n) is 9.98. The Hall–Kier alpha value is -2.12. The highest BCUT2D eigenvalue weighted by atomic mass is 16.5. The highest BCUT2D eigenvalue weighted by molar-refractivity contribution is 5.89. The Bertz CT molecular complexity index is 633. The highest BCUT2D eigenvalue weighted by Crippen LogP contribution is 2.18. The number of nitrogens with zero attached hydrogens (tertiary/aromatic N) is 2. The lowest BCUT2D eigenvalue weighted by molar-refractivity contribution is -0.140. The van der Waals surface area contributed by atoms with Crippen LogP contribution in [0.15, 0.2) is 24.3 Å². The second-order valence-electron chi connectivity index (χ2n) is 7.23. The number of methoxy groups -OCH3 is 1. The molecule has 156 valence electrons. The molecule has 1 aliphatic rings. The Morgan fingerprint density at radius 3 is 2.64 bits per heavy atom. The summed E-state index contributed by atoms with van der Waals surface area (Å²) in [5.41, 5.74) is 1.09. The summed E-state index contributed by atoms with van der Waals surface area (Å²) in [5, 5.41) is 2.89. The standard InChI is InChI=1S/C21H33N3O4/c1-5-28-18-8-6-17(7-9-18)15-23-11-10-22-21(26)19(23)14-20(25)24(16(2)3)12-13-27-4/h6-9,16,19H,5,10-15H2,1-4H3,(H,22,26)/t19-/m1/s1. The summed E-state index contributed by atoms with van der Waals surface area (Å²) in [6, 6.07) is 7.50. The van der Waals surface area contributed by atoms with Gasteiger partial charge in [-0.25, -0.2) is 0 Å². The molecule has 1 saturated heterocycles. The van der Waals surface area contributed by atoms with Gasteiger partial charge in [0.2, 0.25) is 11.8 Å². The molecule has 1 aliphatic heterocycles. The van der Waals surface area contributed by atoms with Gasteiger partial charge in [0.15, 0.2) is 0 Å². The van der Waals surface area contributed by atoms with Crippen molar-refractivity contribution in [2.45, 2.75) is 45.8 Å². The summed E-state index contributed by atoms with van der Waals surface area (Å²) in [6.45, 7) is 9.49. The van der Waals surface area contributed by atoms with Crippen LogP contribution >= 0.6 is 0 Å². The first-order chi connectivity index (χ1) is 13.5. The van der Waals surface area contributed by atoms with Crippen molar-refractivity contribution < 1.29 is 19.1 Å². The molecule has 7 heteroatoms. The minimum absolute atomic E-state index is 0.0224. The number of carbonyl (C=O) groups excluding carboxylic acids is 2. The van der Waals surface area contributed by atoms with Crippen LogP contribution in [-0.4, -0.2) is 73.7 Å². The lowest BCUT2D eigenvalue weighted by Crippen LogP contribution is -2.56. The molecule has 1 aromatic carbocycles. The Morgan fingerprint density at radius 1 is 1.32 bits per heavy atom. The third kappa shape index (κ3) is 6.21. The average Bonchev–Trinajstić information content (AvgIpc) is 2.66. The molecular weight excluding hydrogens is 358 g/mol. The monoisotopic (exact) mass is 391 g/mol. The molecule has 28 heavy (non-hydrogen) atoms. The maximum Gasteiger partial charge on any atom is 0.237 e. The van der Waals surface area contributed by atoms with Crippen LogP contribution < -0.4 is 10.1 Å². The number of ether oxygens (including phenoxy) is 2. The first-order valence-corrected chi connectivity index (χ1v) is 9.98. The van der Waals surface area contributed by atoms with E-state index in [4.69, 9.17) is 9.47 Å². The lowest BCUT2D eigenvalue weighted by Gasteiger charge is -2.36. The van der Waals surface area contributed by atoms with Crippen LogP contribution in [0.4, 0.5) is 0 Å². The zero-order chi connectivity index (χ0) is 20.5. The number of carbonyl (C=O) groups is 2. The van der Waals surface area contributed by atoms with Gasteiger partial charge in [-0.2, -0.15) is 0 Å². The number of nitrogens with one attached hydrogen (secondary N) is 1. The fourth-order valence-electron chi connectivity index (χ4n) is 3.41. The average molecular weight is 392 g/mol. The third-order valence-electron chi connectivity index (χ3n) is 4.91. The molecule has 0 aromatic heterocycles. The van der Waals surface area contributed by atoms with E-state index < -0.39 is 6.04 Å². The van der Waals surface area contributed by atoms with Crippen molar-refractivity contribution in [1.82, 2.24) is 15.1 Å². The van der Waals surface area contributed by atoms with Gasteiger partial charge in [0.1, 0.15) is 5.75 Å². The smallest absolute Gasteiger partial charge is 0.237 e. The molecule has 0 bridgehead atoms. The topological polar surface area (TPSA) is 71.1 Å². The van der Waals surface area contributed by atoms with Crippen LogP contribution in [0.2, 0.25) is 0 Å². The largest absolute Gasteiger partial charge is 0.494 e. The van der Waals surface area contributed by atoms with Crippen molar-refractivity contribution in [3.8, 4) is 5.75 Å². The lowest BCUT2D eigenvalue weighted by atomic mass is 10.1. The number of benzene rings is 1.